The van der Waals surface area contributed by atoms with Crippen molar-refractivity contribution in [2.45, 2.75) is 32.7 Å². The third-order valence-corrected chi connectivity index (χ3v) is 4.46. The predicted molar refractivity (Wildman–Crippen MR) is 92.1 cm³/mol. The molecule has 0 saturated carbocycles. The van der Waals surface area contributed by atoms with E-state index in [1.807, 2.05) is 10.9 Å². The lowest BCUT2D eigenvalue weighted by Gasteiger charge is -2.11. The van der Waals surface area contributed by atoms with Crippen LogP contribution in [0.1, 0.15) is 36.1 Å². The lowest BCUT2D eigenvalue weighted by Crippen LogP contribution is -2.07. The average molecular weight is 328 g/mol. The van der Waals surface area contributed by atoms with Gasteiger partial charge in [0.2, 0.25) is 5.28 Å². The van der Waals surface area contributed by atoms with E-state index in [1.54, 1.807) is 0 Å². The Morgan fingerprint density at radius 2 is 2.22 bits per heavy atom. The van der Waals surface area contributed by atoms with E-state index in [2.05, 4.69) is 52.4 Å². The van der Waals surface area contributed by atoms with Crippen molar-refractivity contribution in [2.24, 2.45) is 0 Å². The molecule has 0 spiro atoms. The van der Waals surface area contributed by atoms with Gasteiger partial charge in [0, 0.05) is 30.9 Å². The van der Waals surface area contributed by atoms with Gasteiger partial charge in [0.1, 0.15) is 0 Å². The van der Waals surface area contributed by atoms with Gasteiger partial charge in [-0.15, -0.1) is 0 Å². The van der Waals surface area contributed by atoms with Crippen LogP contribution in [0.5, 0.6) is 0 Å². The van der Waals surface area contributed by atoms with Crippen LogP contribution in [0, 0.1) is 6.92 Å². The summed E-state index contributed by atoms with van der Waals surface area (Å²) in [6.07, 6.45) is 3.07. The number of hydrogen-bond donors (Lipinski definition) is 1. The monoisotopic (exact) mass is 327 g/mol. The minimum Gasteiger partial charge on any atom is -0.384 e. The Bertz CT molecular complexity index is 886. The fraction of sp³-hybridized carbons (Fsp3) is 0.353. The fourth-order valence-corrected chi connectivity index (χ4v) is 3.42. The highest BCUT2D eigenvalue weighted by Crippen LogP contribution is 2.38. The van der Waals surface area contributed by atoms with E-state index in [4.69, 9.17) is 11.6 Å². The molecule has 1 aliphatic rings. The van der Waals surface area contributed by atoms with Crippen LogP contribution in [0.25, 0.3) is 11.0 Å². The highest BCUT2D eigenvalue weighted by Gasteiger charge is 2.28. The van der Waals surface area contributed by atoms with Crippen molar-refractivity contribution in [3.8, 4) is 0 Å². The summed E-state index contributed by atoms with van der Waals surface area (Å²) in [4.78, 5) is 8.83. The van der Waals surface area contributed by atoms with Gasteiger partial charge in [-0.05, 0) is 36.6 Å². The molecule has 5 nitrogen and oxygen atoms in total. The molecule has 1 aliphatic heterocycles. The third-order valence-electron chi connectivity index (χ3n) is 4.29. The predicted octanol–water partition coefficient (Wildman–Crippen LogP) is 3.76. The molecule has 1 aromatic carbocycles. The second-order valence-electron chi connectivity index (χ2n) is 6.03. The van der Waals surface area contributed by atoms with Gasteiger partial charge < -0.3 is 5.32 Å². The molecule has 0 fully saturated rings. The SMILES string of the molecule is CCCn1cc2c(C3CNc4ccc(C)cc43)nc(Cl)nc2n1. The van der Waals surface area contributed by atoms with Gasteiger partial charge in [0.05, 0.1) is 11.1 Å². The minimum absolute atomic E-state index is 0.173. The average Bonchev–Trinajstić information content (AvgIpc) is 3.10. The molecule has 0 radical (unpaired) electrons. The quantitative estimate of drug-likeness (QED) is 0.744. The van der Waals surface area contributed by atoms with Gasteiger partial charge in [-0.3, -0.25) is 4.68 Å². The Balaban J connectivity index is 1.88. The highest BCUT2D eigenvalue weighted by molar-refractivity contribution is 6.28. The summed E-state index contributed by atoms with van der Waals surface area (Å²) < 4.78 is 1.93. The van der Waals surface area contributed by atoms with Crippen molar-refractivity contribution < 1.29 is 0 Å². The summed E-state index contributed by atoms with van der Waals surface area (Å²) in [5, 5.41) is 9.24. The fourth-order valence-electron chi connectivity index (χ4n) is 3.25. The largest absolute Gasteiger partial charge is 0.384 e. The molecule has 3 aromatic rings. The van der Waals surface area contributed by atoms with E-state index in [-0.39, 0.29) is 11.2 Å². The van der Waals surface area contributed by atoms with Gasteiger partial charge in [0.25, 0.3) is 0 Å². The van der Waals surface area contributed by atoms with E-state index in [9.17, 15) is 0 Å². The lowest BCUT2D eigenvalue weighted by molar-refractivity contribution is 0.607. The van der Waals surface area contributed by atoms with Gasteiger partial charge in [-0.2, -0.15) is 10.1 Å². The summed E-state index contributed by atoms with van der Waals surface area (Å²) >= 11 is 6.16. The second-order valence-corrected chi connectivity index (χ2v) is 6.37. The Kier molecular flexibility index (Phi) is 3.45. The third kappa shape index (κ3) is 2.45. The number of hydrogen-bond acceptors (Lipinski definition) is 4. The molecule has 23 heavy (non-hydrogen) atoms. The Morgan fingerprint density at radius 1 is 1.35 bits per heavy atom. The zero-order chi connectivity index (χ0) is 16.0. The lowest BCUT2D eigenvalue weighted by atomic mass is 9.95. The van der Waals surface area contributed by atoms with Crippen molar-refractivity contribution in [2.75, 3.05) is 11.9 Å². The second kappa shape index (κ2) is 5.49. The van der Waals surface area contributed by atoms with Crippen LogP contribution in [-0.4, -0.2) is 26.3 Å². The van der Waals surface area contributed by atoms with Crippen LogP contribution in [0.15, 0.2) is 24.4 Å². The molecule has 0 bridgehead atoms. The topological polar surface area (TPSA) is 55.6 Å². The van der Waals surface area contributed by atoms with Crippen LogP contribution < -0.4 is 5.32 Å². The van der Waals surface area contributed by atoms with Crippen molar-refractivity contribution in [1.82, 2.24) is 19.7 Å². The number of fused-ring (bicyclic) bond motifs is 2. The molecular formula is C17H18ClN5. The number of nitrogens with zero attached hydrogens (tertiary/aromatic N) is 4. The summed E-state index contributed by atoms with van der Waals surface area (Å²) in [7, 11) is 0. The Labute approximate surface area is 139 Å². The van der Waals surface area contributed by atoms with Crippen molar-refractivity contribution in [3.63, 3.8) is 0 Å². The van der Waals surface area contributed by atoms with E-state index >= 15 is 0 Å². The number of aromatic nitrogens is 4. The smallest absolute Gasteiger partial charge is 0.224 e. The van der Waals surface area contributed by atoms with Gasteiger partial charge >= 0.3 is 0 Å². The Hall–Kier alpha value is -2.14. The molecule has 3 heterocycles. The van der Waals surface area contributed by atoms with Crippen molar-refractivity contribution in [3.05, 3.63) is 46.5 Å². The van der Waals surface area contributed by atoms with E-state index in [0.717, 1.165) is 30.6 Å². The first-order valence-corrected chi connectivity index (χ1v) is 8.28. The van der Waals surface area contributed by atoms with Crippen LogP contribution in [-0.2, 0) is 6.54 Å². The van der Waals surface area contributed by atoms with Crippen LogP contribution >= 0.6 is 11.6 Å². The van der Waals surface area contributed by atoms with Crippen molar-refractivity contribution in [1.29, 1.82) is 0 Å². The molecular weight excluding hydrogens is 310 g/mol. The zero-order valence-corrected chi connectivity index (χ0v) is 13.9. The van der Waals surface area contributed by atoms with Crippen LogP contribution in [0.2, 0.25) is 5.28 Å². The Morgan fingerprint density at radius 3 is 3.04 bits per heavy atom. The molecule has 2 aromatic heterocycles. The van der Waals surface area contributed by atoms with Gasteiger partial charge in [-0.25, -0.2) is 4.98 Å². The first kappa shape index (κ1) is 14.5. The van der Waals surface area contributed by atoms with Crippen molar-refractivity contribution >= 4 is 28.3 Å². The van der Waals surface area contributed by atoms with E-state index in [0.29, 0.717) is 5.65 Å². The maximum Gasteiger partial charge on any atom is 0.224 e. The van der Waals surface area contributed by atoms with Gasteiger partial charge in [0.15, 0.2) is 5.65 Å². The van der Waals surface area contributed by atoms with Crippen LogP contribution in [0.4, 0.5) is 5.69 Å². The first-order valence-electron chi connectivity index (χ1n) is 7.90. The summed E-state index contributed by atoms with van der Waals surface area (Å²) in [6, 6.07) is 6.47. The molecule has 0 aliphatic carbocycles. The van der Waals surface area contributed by atoms with Crippen LogP contribution in [0.3, 0.4) is 0 Å². The van der Waals surface area contributed by atoms with E-state index in [1.165, 1.54) is 16.8 Å². The standard InChI is InChI=1S/C17H18ClN5/c1-3-6-23-9-13-15(20-17(18)21-16(13)22-23)12-8-19-14-5-4-10(2)7-11(12)14/h4-5,7,9,12,19H,3,6,8H2,1-2H3. The normalized spacial score (nSPS) is 16.6. The molecule has 1 atom stereocenters. The zero-order valence-electron chi connectivity index (χ0n) is 13.2. The summed E-state index contributed by atoms with van der Waals surface area (Å²) in [5.74, 6) is 0.173. The molecule has 6 heteroatoms. The summed E-state index contributed by atoms with van der Waals surface area (Å²) in [5.41, 5.74) is 5.32. The number of benzene rings is 1. The minimum atomic E-state index is 0.173. The number of aryl methyl sites for hydroxylation is 2. The number of rotatable bonds is 3. The molecule has 0 amide bonds. The number of halogens is 1. The molecule has 1 N–H and O–H groups in total. The number of anilines is 1. The number of nitrogens with one attached hydrogen (secondary N) is 1. The first-order chi connectivity index (χ1) is 11.2. The molecule has 4 rings (SSSR count). The molecule has 1 unspecified atom stereocenters. The maximum absolute atomic E-state index is 6.16. The maximum atomic E-state index is 6.16. The molecule has 118 valence electrons. The van der Waals surface area contributed by atoms with Gasteiger partial charge in [-0.1, -0.05) is 24.6 Å². The molecule has 0 saturated heterocycles. The van der Waals surface area contributed by atoms with E-state index < -0.39 is 0 Å². The highest BCUT2D eigenvalue weighted by atomic mass is 35.5. The summed E-state index contributed by atoms with van der Waals surface area (Å²) in [6.45, 7) is 5.93.